The quantitative estimate of drug-likeness (QED) is 0.795. The van der Waals surface area contributed by atoms with Crippen LogP contribution in [0.2, 0.25) is 0 Å². The molecule has 0 unspecified atom stereocenters. The molecule has 2 rings (SSSR count). The molecule has 0 atom stereocenters. The summed E-state index contributed by atoms with van der Waals surface area (Å²) in [5.74, 6) is 1.30. The Labute approximate surface area is 108 Å². The van der Waals surface area contributed by atoms with E-state index in [2.05, 4.69) is 4.90 Å². The minimum absolute atomic E-state index is 0.319. The van der Waals surface area contributed by atoms with E-state index >= 15 is 0 Å². The normalized spacial score (nSPS) is 17.9. The predicted molar refractivity (Wildman–Crippen MR) is 72.5 cm³/mol. The Kier molecular flexibility index (Phi) is 4.44. The van der Waals surface area contributed by atoms with Gasteiger partial charge < -0.3 is 15.6 Å². The molecule has 1 aliphatic heterocycles. The number of anilines is 1. The van der Waals surface area contributed by atoms with E-state index in [-0.39, 0.29) is 0 Å². The second kappa shape index (κ2) is 6.07. The molecule has 0 aromatic heterocycles. The zero-order chi connectivity index (χ0) is 13.0. The fraction of sp³-hybridized carbons (Fsp3) is 0.571. The van der Waals surface area contributed by atoms with E-state index in [1.165, 1.54) is 5.56 Å². The van der Waals surface area contributed by atoms with Crippen LogP contribution in [0.15, 0.2) is 18.2 Å². The van der Waals surface area contributed by atoms with Gasteiger partial charge >= 0.3 is 0 Å². The van der Waals surface area contributed by atoms with Crippen LogP contribution in [0.3, 0.4) is 0 Å². The molecule has 0 spiro atoms. The van der Waals surface area contributed by atoms with E-state index in [0.717, 1.165) is 43.9 Å². The van der Waals surface area contributed by atoms with Crippen molar-refractivity contribution in [2.24, 2.45) is 5.92 Å². The van der Waals surface area contributed by atoms with Crippen molar-refractivity contribution in [2.75, 3.05) is 32.5 Å². The number of aliphatic hydroxyl groups is 1. The monoisotopic (exact) mass is 250 g/mol. The zero-order valence-corrected chi connectivity index (χ0v) is 10.9. The third-order valence-electron chi connectivity index (χ3n) is 3.60. The Morgan fingerprint density at radius 3 is 2.67 bits per heavy atom. The number of aliphatic hydroxyl groups excluding tert-OH is 1. The molecule has 4 nitrogen and oxygen atoms in total. The van der Waals surface area contributed by atoms with Gasteiger partial charge in [-0.2, -0.15) is 0 Å². The number of ether oxygens (including phenoxy) is 1. The number of hydrogen-bond acceptors (Lipinski definition) is 4. The van der Waals surface area contributed by atoms with Crippen LogP contribution in [0.1, 0.15) is 18.4 Å². The minimum Gasteiger partial charge on any atom is -0.497 e. The molecule has 0 radical (unpaired) electrons. The molecule has 0 bridgehead atoms. The Bertz CT molecular complexity index is 387. The molecule has 1 fully saturated rings. The lowest BCUT2D eigenvalue weighted by molar-refractivity contribution is 0.127. The van der Waals surface area contributed by atoms with Crippen LogP contribution in [0.5, 0.6) is 5.75 Å². The number of nitrogens with two attached hydrogens (primary N) is 1. The summed E-state index contributed by atoms with van der Waals surface area (Å²) in [7, 11) is 1.66. The standard InChI is InChI=1S/C14H22N2O2/c1-18-14-7-12(6-13(15)8-14)9-16-4-2-11(10-17)3-5-16/h6-8,11,17H,2-5,9-10,15H2,1H3. The number of rotatable bonds is 4. The van der Waals surface area contributed by atoms with Crippen LogP contribution in [-0.4, -0.2) is 36.8 Å². The lowest BCUT2D eigenvalue weighted by atomic mass is 9.97. The lowest BCUT2D eigenvalue weighted by Crippen LogP contribution is -2.34. The number of nitrogen functional groups attached to an aromatic ring is 1. The van der Waals surface area contributed by atoms with E-state index in [4.69, 9.17) is 15.6 Å². The van der Waals surface area contributed by atoms with E-state index < -0.39 is 0 Å². The van der Waals surface area contributed by atoms with E-state index in [1.54, 1.807) is 7.11 Å². The lowest BCUT2D eigenvalue weighted by Gasteiger charge is -2.31. The third-order valence-corrected chi connectivity index (χ3v) is 3.60. The molecule has 3 N–H and O–H groups in total. The van der Waals surface area contributed by atoms with Crippen LogP contribution in [0, 0.1) is 5.92 Å². The number of nitrogens with zero attached hydrogens (tertiary/aromatic N) is 1. The summed E-state index contributed by atoms with van der Waals surface area (Å²) in [6.07, 6.45) is 2.16. The van der Waals surface area contributed by atoms with Crippen LogP contribution >= 0.6 is 0 Å². The summed E-state index contributed by atoms with van der Waals surface area (Å²) in [4.78, 5) is 2.40. The molecule has 1 saturated heterocycles. The summed E-state index contributed by atoms with van der Waals surface area (Å²) < 4.78 is 5.23. The summed E-state index contributed by atoms with van der Waals surface area (Å²) in [6.45, 7) is 3.31. The average Bonchev–Trinajstić information content (AvgIpc) is 2.39. The van der Waals surface area contributed by atoms with E-state index in [0.29, 0.717) is 12.5 Å². The first kappa shape index (κ1) is 13.2. The van der Waals surface area contributed by atoms with Gasteiger partial charge in [0.2, 0.25) is 0 Å². The molecule has 1 aromatic carbocycles. The van der Waals surface area contributed by atoms with Crippen molar-refractivity contribution >= 4 is 5.69 Å². The summed E-state index contributed by atoms with van der Waals surface area (Å²) in [6, 6.07) is 5.87. The molecule has 4 heteroatoms. The molecule has 1 aromatic rings. The SMILES string of the molecule is COc1cc(N)cc(CN2CCC(CO)CC2)c1. The summed E-state index contributed by atoms with van der Waals surface area (Å²) in [5, 5.41) is 9.12. The van der Waals surface area contributed by atoms with Crippen LogP contribution < -0.4 is 10.5 Å². The Morgan fingerprint density at radius 1 is 1.33 bits per heavy atom. The maximum absolute atomic E-state index is 9.12. The van der Waals surface area contributed by atoms with Crippen molar-refractivity contribution in [2.45, 2.75) is 19.4 Å². The van der Waals surface area contributed by atoms with Gasteiger partial charge in [-0.25, -0.2) is 0 Å². The van der Waals surface area contributed by atoms with Gasteiger partial charge in [0.05, 0.1) is 7.11 Å². The third kappa shape index (κ3) is 3.37. The predicted octanol–water partition coefficient (Wildman–Crippen LogP) is 1.48. The van der Waals surface area contributed by atoms with Crippen molar-refractivity contribution in [1.29, 1.82) is 0 Å². The molecule has 1 heterocycles. The smallest absolute Gasteiger partial charge is 0.121 e. The first-order valence-electron chi connectivity index (χ1n) is 6.48. The van der Waals surface area contributed by atoms with E-state index in [9.17, 15) is 0 Å². The molecule has 1 aliphatic rings. The largest absolute Gasteiger partial charge is 0.497 e. The van der Waals surface area contributed by atoms with Crippen molar-refractivity contribution in [1.82, 2.24) is 4.90 Å². The molecule has 100 valence electrons. The van der Waals surface area contributed by atoms with Crippen LogP contribution in [0.25, 0.3) is 0 Å². The maximum atomic E-state index is 9.12. The van der Waals surface area contributed by atoms with Gasteiger partial charge in [0.15, 0.2) is 0 Å². The fourth-order valence-corrected chi connectivity index (χ4v) is 2.48. The molecule has 0 aliphatic carbocycles. The maximum Gasteiger partial charge on any atom is 0.121 e. The average molecular weight is 250 g/mol. The highest BCUT2D eigenvalue weighted by molar-refractivity contribution is 5.47. The van der Waals surface area contributed by atoms with Crippen LogP contribution in [-0.2, 0) is 6.54 Å². The number of hydrogen-bond donors (Lipinski definition) is 2. The second-order valence-corrected chi connectivity index (χ2v) is 5.02. The van der Waals surface area contributed by atoms with Gasteiger partial charge in [0.1, 0.15) is 5.75 Å². The van der Waals surface area contributed by atoms with Crippen LogP contribution in [0.4, 0.5) is 5.69 Å². The Hall–Kier alpha value is -1.26. The van der Waals surface area contributed by atoms with Gasteiger partial charge in [-0.05, 0) is 49.5 Å². The summed E-state index contributed by atoms with van der Waals surface area (Å²) in [5.41, 5.74) is 7.79. The highest BCUT2D eigenvalue weighted by atomic mass is 16.5. The fourth-order valence-electron chi connectivity index (χ4n) is 2.48. The number of likely N-dealkylation sites (tertiary alicyclic amines) is 1. The molecular weight excluding hydrogens is 228 g/mol. The molecular formula is C14H22N2O2. The highest BCUT2D eigenvalue weighted by Crippen LogP contribution is 2.22. The Balaban J connectivity index is 1.95. The van der Waals surface area contributed by atoms with Gasteiger partial charge in [-0.3, -0.25) is 4.90 Å². The molecule has 0 amide bonds. The minimum atomic E-state index is 0.319. The topological polar surface area (TPSA) is 58.7 Å². The number of methoxy groups -OCH3 is 1. The molecule has 18 heavy (non-hydrogen) atoms. The first-order chi connectivity index (χ1) is 8.71. The molecule has 0 saturated carbocycles. The van der Waals surface area contributed by atoms with E-state index in [1.807, 2.05) is 18.2 Å². The summed E-state index contributed by atoms with van der Waals surface area (Å²) >= 11 is 0. The number of piperidine rings is 1. The van der Waals surface area contributed by atoms with Crippen molar-refractivity contribution in [3.63, 3.8) is 0 Å². The Morgan fingerprint density at radius 2 is 2.06 bits per heavy atom. The van der Waals surface area contributed by atoms with Gasteiger partial charge in [0.25, 0.3) is 0 Å². The number of benzene rings is 1. The van der Waals surface area contributed by atoms with Gasteiger partial charge in [0, 0.05) is 24.9 Å². The van der Waals surface area contributed by atoms with Crippen molar-refractivity contribution in [3.05, 3.63) is 23.8 Å². The van der Waals surface area contributed by atoms with Crippen molar-refractivity contribution in [3.8, 4) is 5.75 Å². The highest BCUT2D eigenvalue weighted by Gasteiger charge is 2.18. The van der Waals surface area contributed by atoms with Gasteiger partial charge in [-0.15, -0.1) is 0 Å². The zero-order valence-electron chi connectivity index (χ0n) is 10.9. The first-order valence-corrected chi connectivity index (χ1v) is 6.48. The second-order valence-electron chi connectivity index (χ2n) is 5.02. The van der Waals surface area contributed by atoms with Crippen molar-refractivity contribution < 1.29 is 9.84 Å². The van der Waals surface area contributed by atoms with Gasteiger partial charge in [-0.1, -0.05) is 0 Å².